The van der Waals surface area contributed by atoms with Crippen LogP contribution in [0.4, 0.5) is 0 Å². The van der Waals surface area contributed by atoms with Crippen LogP contribution in [0.2, 0.25) is 0 Å². The zero-order valence-corrected chi connectivity index (χ0v) is 19.9. The number of rotatable bonds is 8. The van der Waals surface area contributed by atoms with Crippen molar-refractivity contribution in [3.05, 3.63) is 52.6 Å². The molecule has 0 saturated carbocycles. The van der Waals surface area contributed by atoms with E-state index in [1.807, 2.05) is 19.0 Å². The van der Waals surface area contributed by atoms with Crippen molar-refractivity contribution < 1.29 is 24.2 Å². The Bertz CT molecular complexity index is 1100. The highest BCUT2D eigenvalue weighted by molar-refractivity contribution is 6.46. The lowest BCUT2D eigenvalue weighted by atomic mass is 9.94. The number of amides is 1. The Hall–Kier alpha value is -3.46. The van der Waals surface area contributed by atoms with Crippen LogP contribution in [0.3, 0.4) is 0 Å². The number of carbonyl (C=O) groups excluding carboxylic acids is 2. The Balaban J connectivity index is 2.23. The quantitative estimate of drug-likeness (QED) is 0.369. The third-order valence-corrected chi connectivity index (χ3v) is 5.63. The number of aliphatic hydroxyl groups is 1. The summed E-state index contributed by atoms with van der Waals surface area (Å²) in [5.41, 5.74) is 1.34. The second-order valence-corrected chi connectivity index (χ2v) is 8.15. The van der Waals surface area contributed by atoms with Crippen molar-refractivity contribution in [1.82, 2.24) is 19.8 Å². The van der Waals surface area contributed by atoms with Gasteiger partial charge in [-0.2, -0.15) is 0 Å². The van der Waals surface area contributed by atoms with Gasteiger partial charge in [0.25, 0.3) is 11.7 Å². The summed E-state index contributed by atoms with van der Waals surface area (Å²) in [6, 6.07) is 4.41. The molecule has 1 fully saturated rings. The lowest BCUT2D eigenvalue weighted by Crippen LogP contribution is -2.32. The summed E-state index contributed by atoms with van der Waals surface area (Å²) < 4.78 is 11.0. The number of ether oxygens (including phenoxy) is 2. The molecule has 1 N–H and O–H groups in total. The molecule has 1 atom stereocenters. The van der Waals surface area contributed by atoms with Gasteiger partial charge < -0.3 is 24.4 Å². The minimum atomic E-state index is -0.849. The van der Waals surface area contributed by atoms with Crippen LogP contribution < -0.4 is 9.47 Å². The van der Waals surface area contributed by atoms with Crippen LogP contribution in [-0.4, -0.2) is 78.0 Å². The minimum absolute atomic E-state index is 0.0213. The van der Waals surface area contributed by atoms with Gasteiger partial charge in [0, 0.05) is 18.3 Å². The van der Waals surface area contributed by atoms with Gasteiger partial charge >= 0.3 is 0 Å². The van der Waals surface area contributed by atoms with Gasteiger partial charge in [-0.25, -0.2) is 9.97 Å². The molecule has 0 spiro atoms. The fourth-order valence-electron chi connectivity index (χ4n) is 4.08. The van der Waals surface area contributed by atoms with Crippen LogP contribution >= 0.6 is 0 Å². The zero-order chi connectivity index (χ0) is 24.3. The Labute approximate surface area is 193 Å². The largest absolute Gasteiger partial charge is 0.507 e. The van der Waals surface area contributed by atoms with Gasteiger partial charge in [0.05, 0.1) is 37.1 Å². The highest BCUT2D eigenvalue weighted by Crippen LogP contribution is 2.45. The predicted octanol–water partition coefficient (Wildman–Crippen LogP) is 2.48. The second-order valence-electron chi connectivity index (χ2n) is 8.15. The zero-order valence-electron chi connectivity index (χ0n) is 19.9. The van der Waals surface area contributed by atoms with E-state index in [4.69, 9.17) is 9.47 Å². The van der Waals surface area contributed by atoms with Gasteiger partial charge in [-0.3, -0.25) is 9.59 Å². The highest BCUT2D eigenvalue weighted by atomic mass is 16.5. The number of Topliss-reactive ketones (excluding diaryl/α,β-unsaturated/α-hetero) is 1. The summed E-state index contributed by atoms with van der Waals surface area (Å²) in [6.45, 7) is 4.52. The van der Waals surface area contributed by atoms with E-state index in [1.54, 1.807) is 32.0 Å². The summed E-state index contributed by atoms with van der Waals surface area (Å²) in [7, 11) is 6.90. The molecule has 1 amide bonds. The molecule has 1 aliphatic heterocycles. The monoisotopic (exact) mass is 454 g/mol. The van der Waals surface area contributed by atoms with E-state index in [0.29, 0.717) is 47.1 Å². The summed E-state index contributed by atoms with van der Waals surface area (Å²) in [5.74, 6) is -0.339. The number of nitrogens with zero attached hydrogens (tertiary/aromatic N) is 4. The van der Waals surface area contributed by atoms with Crippen molar-refractivity contribution >= 4 is 17.4 Å². The highest BCUT2D eigenvalue weighted by Gasteiger charge is 2.47. The van der Waals surface area contributed by atoms with E-state index in [1.165, 1.54) is 25.3 Å². The maximum Gasteiger partial charge on any atom is 0.295 e. The molecule has 2 heterocycles. The number of hydrogen-bond donors (Lipinski definition) is 1. The van der Waals surface area contributed by atoms with Gasteiger partial charge in [-0.1, -0.05) is 12.1 Å². The number of methoxy groups -OCH3 is 2. The van der Waals surface area contributed by atoms with E-state index < -0.39 is 17.7 Å². The van der Waals surface area contributed by atoms with Gasteiger partial charge in [0.2, 0.25) is 0 Å². The standard InChI is InChI=1S/C24H30N4O5/c1-14-17(13-25-15(2)26-14)21(29)19-20(16-9-7-10-18(32-5)23(16)33-6)28(24(31)22(19)30)12-8-11-27(3)4/h7,9-10,13,20,29H,8,11-12H2,1-6H3/t20-/m0/s1. The third-order valence-electron chi connectivity index (χ3n) is 5.63. The molecule has 0 radical (unpaired) electrons. The van der Waals surface area contributed by atoms with Crippen molar-refractivity contribution in [2.24, 2.45) is 0 Å². The fourth-order valence-corrected chi connectivity index (χ4v) is 4.08. The van der Waals surface area contributed by atoms with E-state index in [9.17, 15) is 14.7 Å². The van der Waals surface area contributed by atoms with Crippen molar-refractivity contribution in [2.75, 3.05) is 41.4 Å². The number of aliphatic hydroxyl groups excluding tert-OH is 1. The molecule has 1 aromatic carbocycles. The Morgan fingerprint density at radius 3 is 2.52 bits per heavy atom. The third kappa shape index (κ3) is 4.68. The predicted molar refractivity (Wildman–Crippen MR) is 123 cm³/mol. The van der Waals surface area contributed by atoms with Gasteiger partial charge in [0.1, 0.15) is 11.6 Å². The lowest BCUT2D eigenvalue weighted by molar-refractivity contribution is -0.140. The Kier molecular flexibility index (Phi) is 7.33. The first-order chi connectivity index (χ1) is 15.7. The molecule has 9 nitrogen and oxygen atoms in total. The van der Waals surface area contributed by atoms with Crippen LogP contribution in [0.5, 0.6) is 11.5 Å². The molecule has 0 aliphatic carbocycles. The lowest BCUT2D eigenvalue weighted by Gasteiger charge is -2.27. The van der Waals surface area contributed by atoms with Crippen LogP contribution in [0.15, 0.2) is 30.0 Å². The summed E-state index contributed by atoms with van der Waals surface area (Å²) in [5, 5.41) is 11.3. The van der Waals surface area contributed by atoms with E-state index >= 15 is 0 Å². The number of likely N-dealkylation sites (tertiary alicyclic amines) is 1. The number of hydrogen-bond acceptors (Lipinski definition) is 8. The fraction of sp³-hybridized carbons (Fsp3) is 0.417. The van der Waals surface area contributed by atoms with Crippen LogP contribution in [0, 0.1) is 13.8 Å². The molecule has 2 aromatic rings. The number of carbonyl (C=O) groups is 2. The van der Waals surface area contributed by atoms with E-state index in [0.717, 1.165) is 6.54 Å². The average Bonchev–Trinajstić information content (AvgIpc) is 3.02. The van der Waals surface area contributed by atoms with E-state index in [-0.39, 0.29) is 11.3 Å². The smallest absolute Gasteiger partial charge is 0.295 e. The molecule has 176 valence electrons. The SMILES string of the molecule is COc1cccc([C@H]2C(=C(O)c3cnc(C)nc3C)C(=O)C(=O)N2CCCN(C)C)c1OC. The van der Waals surface area contributed by atoms with Crippen LogP contribution in [-0.2, 0) is 9.59 Å². The molecule has 0 bridgehead atoms. The van der Waals surface area contributed by atoms with Gasteiger partial charge in [-0.15, -0.1) is 0 Å². The molecule has 1 aromatic heterocycles. The van der Waals surface area contributed by atoms with Crippen LogP contribution in [0.1, 0.15) is 35.1 Å². The molecule has 0 unspecified atom stereocenters. The summed E-state index contributed by atoms with van der Waals surface area (Å²) in [4.78, 5) is 38.3. The molecule has 9 heteroatoms. The molecule has 33 heavy (non-hydrogen) atoms. The maximum absolute atomic E-state index is 13.2. The maximum atomic E-state index is 13.2. The topological polar surface area (TPSA) is 105 Å². The average molecular weight is 455 g/mol. The summed E-state index contributed by atoms with van der Waals surface area (Å²) in [6.07, 6.45) is 2.11. The molecular formula is C24H30N4O5. The summed E-state index contributed by atoms with van der Waals surface area (Å²) >= 11 is 0. The Morgan fingerprint density at radius 2 is 1.91 bits per heavy atom. The molecule has 3 rings (SSSR count). The van der Waals surface area contributed by atoms with Crippen molar-refractivity contribution in [3.63, 3.8) is 0 Å². The Morgan fingerprint density at radius 1 is 1.18 bits per heavy atom. The first kappa shape index (κ1) is 24.2. The number of aryl methyl sites for hydroxylation is 2. The number of aromatic nitrogens is 2. The first-order valence-corrected chi connectivity index (χ1v) is 10.7. The van der Waals surface area contributed by atoms with Gasteiger partial charge in [-0.05, 0) is 47.0 Å². The van der Waals surface area contributed by atoms with Gasteiger partial charge in [0.15, 0.2) is 11.5 Å². The van der Waals surface area contributed by atoms with Crippen molar-refractivity contribution in [2.45, 2.75) is 26.3 Å². The molecule has 1 saturated heterocycles. The number of benzene rings is 1. The van der Waals surface area contributed by atoms with Crippen molar-refractivity contribution in [1.29, 1.82) is 0 Å². The van der Waals surface area contributed by atoms with Crippen LogP contribution in [0.25, 0.3) is 5.76 Å². The molecule has 1 aliphatic rings. The minimum Gasteiger partial charge on any atom is -0.507 e. The normalized spacial score (nSPS) is 17.7. The van der Waals surface area contributed by atoms with E-state index in [2.05, 4.69) is 9.97 Å². The number of para-hydroxylation sites is 1. The number of ketones is 1. The second kappa shape index (κ2) is 9.99. The van der Waals surface area contributed by atoms with Crippen molar-refractivity contribution in [3.8, 4) is 11.5 Å². The first-order valence-electron chi connectivity index (χ1n) is 10.7. The molecular weight excluding hydrogens is 424 g/mol.